The van der Waals surface area contributed by atoms with Crippen LogP contribution in [0.25, 0.3) is 5.76 Å². The first-order chi connectivity index (χ1) is 16.1. The van der Waals surface area contributed by atoms with Crippen molar-refractivity contribution in [2.24, 2.45) is 0 Å². The molecule has 0 spiro atoms. The molecule has 1 aliphatic rings. The molecule has 1 atom stereocenters. The van der Waals surface area contributed by atoms with E-state index < -0.39 is 17.7 Å². The normalized spacial score (nSPS) is 17.8. The first kappa shape index (κ1) is 23.5. The lowest BCUT2D eigenvalue weighted by molar-refractivity contribution is -0.132. The highest BCUT2D eigenvalue weighted by molar-refractivity contribution is 6.51. The highest BCUT2D eigenvalue weighted by Crippen LogP contribution is 2.43. The van der Waals surface area contributed by atoms with Crippen LogP contribution in [0.15, 0.2) is 72.4 Å². The lowest BCUT2D eigenvalue weighted by atomic mass is 9.87. The average molecular weight is 477 g/mol. The van der Waals surface area contributed by atoms with E-state index in [0.29, 0.717) is 22.2 Å². The van der Waals surface area contributed by atoms with Crippen molar-refractivity contribution < 1.29 is 19.4 Å². The molecule has 0 saturated carbocycles. The molecule has 0 bridgehead atoms. The molecular formula is C27H25ClN2O4. The van der Waals surface area contributed by atoms with E-state index in [1.165, 1.54) is 18.1 Å². The summed E-state index contributed by atoms with van der Waals surface area (Å²) < 4.78 is 5.36. The number of methoxy groups -OCH3 is 1. The van der Waals surface area contributed by atoms with Gasteiger partial charge in [0.25, 0.3) is 11.7 Å². The third kappa shape index (κ3) is 4.17. The van der Waals surface area contributed by atoms with E-state index in [2.05, 4.69) is 25.8 Å². The van der Waals surface area contributed by atoms with E-state index in [0.717, 1.165) is 5.56 Å². The number of carbonyl (C=O) groups excluding carboxylic acids is 2. The van der Waals surface area contributed by atoms with Gasteiger partial charge < -0.3 is 9.84 Å². The lowest BCUT2D eigenvalue weighted by Gasteiger charge is -2.26. The Morgan fingerprint density at radius 2 is 1.76 bits per heavy atom. The maximum absolute atomic E-state index is 13.3. The number of amides is 1. The maximum atomic E-state index is 13.3. The Kier molecular flexibility index (Phi) is 6.19. The predicted octanol–water partition coefficient (Wildman–Crippen LogP) is 5.67. The van der Waals surface area contributed by atoms with Crippen LogP contribution in [0.2, 0.25) is 5.02 Å². The van der Waals surface area contributed by atoms with Crippen molar-refractivity contribution in [3.8, 4) is 5.75 Å². The van der Waals surface area contributed by atoms with Gasteiger partial charge in [0.05, 0.1) is 23.9 Å². The zero-order valence-corrected chi connectivity index (χ0v) is 20.1. The fourth-order valence-electron chi connectivity index (χ4n) is 4.05. The fraction of sp³-hybridized carbons (Fsp3) is 0.222. The van der Waals surface area contributed by atoms with Crippen molar-refractivity contribution in [2.75, 3.05) is 12.0 Å². The van der Waals surface area contributed by atoms with Crippen molar-refractivity contribution in [1.29, 1.82) is 0 Å². The summed E-state index contributed by atoms with van der Waals surface area (Å²) in [7, 11) is 1.45. The molecular weight excluding hydrogens is 452 g/mol. The Hall–Kier alpha value is -3.64. The number of hydrogen-bond acceptors (Lipinski definition) is 5. The minimum absolute atomic E-state index is 0.0732. The molecule has 1 fully saturated rings. The Bertz CT molecular complexity index is 1280. The minimum Gasteiger partial charge on any atom is -0.507 e. The summed E-state index contributed by atoms with van der Waals surface area (Å²) >= 11 is 6.16. The van der Waals surface area contributed by atoms with Crippen LogP contribution in [-0.4, -0.2) is 28.9 Å². The van der Waals surface area contributed by atoms with E-state index in [9.17, 15) is 14.7 Å². The van der Waals surface area contributed by atoms with Crippen LogP contribution < -0.4 is 9.64 Å². The average Bonchev–Trinajstić information content (AvgIpc) is 3.09. The SMILES string of the molecule is COc1ccc(Cl)cc1/C(O)=C1\C(=O)C(=O)N(c2ccc(C(C)(C)C)cc2)C1c1ccccn1. The Morgan fingerprint density at radius 1 is 1.06 bits per heavy atom. The van der Waals surface area contributed by atoms with Gasteiger partial charge in [0.15, 0.2) is 0 Å². The molecule has 0 aliphatic carbocycles. The third-order valence-corrected chi connectivity index (χ3v) is 6.08. The summed E-state index contributed by atoms with van der Waals surface area (Å²) in [6, 6.07) is 16.5. The smallest absolute Gasteiger partial charge is 0.300 e. The van der Waals surface area contributed by atoms with Gasteiger partial charge >= 0.3 is 0 Å². The van der Waals surface area contributed by atoms with Gasteiger partial charge in [-0.15, -0.1) is 0 Å². The van der Waals surface area contributed by atoms with Gasteiger partial charge in [0.1, 0.15) is 17.6 Å². The van der Waals surface area contributed by atoms with E-state index in [4.69, 9.17) is 16.3 Å². The van der Waals surface area contributed by atoms with Crippen molar-refractivity contribution >= 4 is 34.7 Å². The Labute approximate surface area is 203 Å². The number of carbonyl (C=O) groups is 2. The molecule has 1 saturated heterocycles. The van der Waals surface area contributed by atoms with Gasteiger partial charge in [0, 0.05) is 16.9 Å². The number of nitrogens with zero attached hydrogens (tertiary/aromatic N) is 2. The number of halogens is 1. The van der Waals surface area contributed by atoms with Crippen molar-refractivity contribution in [3.05, 3.63) is 94.3 Å². The van der Waals surface area contributed by atoms with E-state index >= 15 is 0 Å². The highest BCUT2D eigenvalue weighted by Gasteiger charge is 2.48. The molecule has 34 heavy (non-hydrogen) atoms. The number of hydrogen-bond donors (Lipinski definition) is 1. The number of ether oxygens (including phenoxy) is 1. The van der Waals surface area contributed by atoms with Gasteiger partial charge in [0.2, 0.25) is 0 Å². The predicted molar refractivity (Wildman–Crippen MR) is 132 cm³/mol. The highest BCUT2D eigenvalue weighted by atomic mass is 35.5. The van der Waals surface area contributed by atoms with Gasteiger partial charge in [-0.25, -0.2) is 0 Å². The Balaban J connectivity index is 1.93. The molecule has 174 valence electrons. The molecule has 1 aromatic heterocycles. The number of aliphatic hydroxyl groups is 1. The topological polar surface area (TPSA) is 79.7 Å². The summed E-state index contributed by atoms with van der Waals surface area (Å²) in [6.45, 7) is 6.29. The van der Waals surface area contributed by atoms with Crippen LogP contribution in [0.4, 0.5) is 5.69 Å². The third-order valence-electron chi connectivity index (χ3n) is 5.84. The molecule has 1 aliphatic heterocycles. The van der Waals surface area contributed by atoms with E-state index in [1.54, 1.807) is 36.5 Å². The number of benzene rings is 2. The molecule has 1 unspecified atom stereocenters. The Morgan fingerprint density at radius 3 is 2.35 bits per heavy atom. The molecule has 6 nitrogen and oxygen atoms in total. The lowest BCUT2D eigenvalue weighted by Crippen LogP contribution is -2.30. The number of Topliss-reactive ketones (excluding diaryl/α,β-unsaturated/α-hetero) is 1. The van der Waals surface area contributed by atoms with Crippen LogP contribution in [0.1, 0.15) is 43.6 Å². The standard InChI is InChI=1S/C27H25ClN2O4/c1-27(2,3)16-8-11-18(12-9-16)30-23(20-7-5-6-14-29-20)22(25(32)26(30)33)24(31)19-15-17(28)10-13-21(19)34-4/h5-15,23,31H,1-4H3/b24-22+. The summed E-state index contributed by atoms with van der Waals surface area (Å²) in [6.07, 6.45) is 1.58. The van der Waals surface area contributed by atoms with Gasteiger partial charge in [-0.05, 0) is 53.4 Å². The molecule has 2 heterocycles. The second-order valence-corrected chi connectivity index (χ2v) is 9.50. The summed E-state index contributed by atoms with van der Waals surface area (Å²) in [5, 5.41) is 11.7. The van der Waals surface area contributed by atoms with Crippen LogP contribution in [-0.2, 0) is 15.0 Å². The van der Waals surface area contributed by atoms with Crippen molar-refractivity contribution in [2.45, 2.75) is 32.2 Å². The number of aromatic nitrogens is 1. The zero-order valence-electron chi connectivity index (χ0n) is 19.4. The number of ketones is 1. The number of anilines is 1. The molecule has 2 aromatic carbocycles. The summed E-state index contributed by atoms with van der Waals surface area (Å²) in [5.74, 6) is -1.61. The molecule has 4 rings (SSSR count). The molecule has 3 aromatic rings. The monoisotopic (exact) mass is 476 g/mol. The molecule has 0 radical (unpaired) electrons. The quantitative estimate of drug-likeness (QED) is 0.298. The van der Waals surface area contributed by atoms with E-state index in [-0.39, 0.29) is 22.3 Å². The summed E-state index contributed by atoms with van der Waals surface area (Å²) in [4.78, 5) is 32.3. The number of rotatable bonds is 4. The number of aliphatic hydroxyl groups excluding tert-OH is 1. The van der Waals surface area contributed by atoms with Gasteiger partial charge in [-0.3, -0.25) is 19.5 Å². The first-order valence-corrected chi connectivity index (χ1v) is 11.2. The van der Waals surface area contributed by atoms with Crippen molar-refractivity contribution in [3.63, 3.8) is 0 Å². The van der Waals surface area contributed by atoms with E-state index in [1.807, 2.05) is 24.3 Å². The van der Waals surface area contributed by atoms with Crippen LogP contribution >= 0.6 is 11.6 Å². The number of pyridine rings is 1. The molecule has 1 amide bonds. The van der Waals surface area contributed by atoms with Gasteiger partial charge in [-0.2, -0.15) is 0 Å². The zero-order chi connectivity index (χ0) is 24.6. The first-order valence-electron chi connectivity index (χ1n) is 10.8. The second kappa shape index (κ2) is 8.95. The molecule has 7 heteroatoms. The fourth-order valence-corrected chi connectivity index (χ4v) is 4.22. The van der Waals surface area contributed by atoms with Crippen LogP contribution in [0, 0.1) is 0 Å². The van der Waals surface area contributed by atoms with Crippen molar-refractivity contribution in [1.82, 2.24) is 4.98 Å². The molecule has 1 N–H and O–H groups in total. The van der Waals surface area contributed by atoms with Gasteiger partial charge in [-0.1, -0.05) is 50.6 Å². The van der Waals surface area contributed by atoms with Crippen LogP contribution in [0.5, 0.6) is 5.75 Å². The second-order valence-electron chi connectivity index (χ2n) is 9.07. The minimum atomic E-state index is -0.926. The largest absolute Gasteiger partial charge is 0.507 e. The summed E-state index contributed by atoms with van der Waals surface area (Å²) in [5.41, 5.74) is 2.13. The van der Waals surface area contributed by atoms with Crippen LogP contribution in [0.3, 0.4) is 0 Å². The maximum Gasteiger partial charge on any atom is 0.300 e.